The molecule has 0 saturated carbocycles. The molecule has 134 valence electrons. The van der Waals surface area contributed by atoms with Crippen LogP contribution in [-0.2, 0) is 0 Å². The van der Waals surface area contributed by atoms with Gasteiger partial charge in [0.15, 0.2) is 0 Å². The molecule has 0 unspecified atom stereocenters. The van der Waals surface area contributed by atoms with Crippen LogP contribution in [0.3, 0.4) is 0 Å². The Bertz CT molecular complexity index is 781. The Balaban J connectivity index is 1.67. The van der Waals surface area contributed by atoms with Crippen LogP contribution in [0.5, 0.6) is 5.75 Å². The van der Waals surface area contributed by atoms with Crippen molar-refractivity contribution in [1.29, 1.82) is 0 Å². The van der Waals surface area contributed by atoms with E-state index in [1.54, 1.807) is 0 Å². The van der Waals surface area contributed by atoms with Gasteiger partial charge in [-0.3, -0.25) is 0 Å². The number of unbranched alkanes of at least 4 members (excludes halogenated alkanes) is 3. The normalized spacial score (nSPS) is 10.7. The van der Waals surface area contributed by atoms with Crippen molar-refractivity contribution in [3.8, 4) is 28.0 Å². The molecule has 26 heavy (non-hydrogen) atoms. The van der Waals surface area contributed by atoms with Gasteiger partial charge in [0, 0.05) is 5.56 Å². The summed E-state index contributed by atoms with van der Waals surface area (Å²) in [5.74, 6) is 0.957. The Morgan fingerprint density at radius 1 is 0.577 bits per heavy atom. The Morgan fingerprint density at radius 2 is 1.19 bits per heavy atom. The van der Waals surface area contributed by atoms with Gasteiger partial charge in [-0.05, 0) is 42.1 Å². The number of ether oxygens (including phenoxy) is 1. The summed E-state index contributed by atoms with van der Waals surface area (Å²) in [5.41, 5.74) is 10.3. The maximum absolute atomic E-state index is 6.06. The van der Waals surface area contributed by atoms with E-state index >= 15 is 0 Å². The fraction of sp³-hybridized carbons (Fsp3) is 0.250. The first-order valence-electron chi connectivity index (χ1n) is 9.46. The van der Waals surface area contributed by atoms with E-state index in [1.165, 1.54) is 29.5 Å². The fourth-order valence-electron chi connectivity index (χ4n) is 3.09. The smallest absolute Gasteiger partial charge is 0.127 e. The molecule has 2 N–H and O–H groups in total. The summed E-state index contributed by atoms with van der Waals surface area (Å²) < 4.78 is 6.06. The van der Waals surface area contributed by atoms with Crippen molar-refractivity contribution in [3.05, 3.63) is 78.9 Å². The second kappa shape index (κ2) is 9.79. The van der Waals surface area contributed by atoms with Crippen molar-refractivity contribution < 1.29 is 4.74 Å². The molecule has 0 heterocycles. The minimum absolute atomic E-state index is 0.754. The number of nitrogens with two attached hydrogens (primary N) is 1. The first-order chi connectivity index (χ1) is 12.9. The average Bonchev–Trinajstić information content (AvgIpc) is 2.72. The largest absolute Gasteiger partial charge is 0.493 e. The quantitative estimate of drug-likeness (QED) is 0.489. The summed E-state index contributed by atoms with van der Waals surface area (Å²) >= 11 is 0. The van der Waals surface area contributed by atoms with E-state index in [4.69, 9.17) is 10.5 Å². The predicted molar refractivity (Wildman–Crippen MR) is 110 cm³/mol. The van der Waals surface area contributed by atoms with Gasteiger partial charge < -0.3 is 10.5 Å². The highest BCUT2D eigenvalue weighted by molar-refractivity contribution is 5.74. The number of benzene rings is 3. The van der Waals surface area contributed by atoms with Crippen molar-refractivity contribution in [1.82, 2.24) is 0 Å². The van der Waals surface area contributed by atoms with E-state index in [0.29, 0.717) is 0 Å². The molecule has 0 spiro atoms. The average molecular weight is 345 g/mol. The number of hydrogen-bond acceptors (Lipinski definition) is 2. The van der Waals surface area contributed by atoms with Crippen LogP contribution >= 0.6 is 0 Å². The number of para-hydroxylation sites is 1. The summed E-state index contributed by atoms with van der Waals surface area (Å²) in [6.45, 7) is 1.53. The lowest BCUT2D eigenvalue weighted by Crippen LogP contribution is -2.01. The van der Waals surface area contributed by atoms with Crippen molar-refractivity contribution in [2.75, 3.05) is 13.2 Å². The van der Waals surface area contributed by atoms with E-state index < -0.39 is 0 Å². The van der Waals surface area contributed by atoms with Crippen molar-refractivity contribution in [2.45, 2.75) is 25.7 Å². The Kier molecular flexibility index (Phi) is 6.86. The highest BCUT2D eigenvalue weighted by atomic mass is 16.5. The molecule has 0 radical (unpaired) electrons. The monoisotopic (exact) mass is 345 g/mol. The van der Waals surface area contributed by atoms with Gasteiger partial charge >= 0.3 is 0 Å². The zero-order chi connectivity index (χ0) is 18.0. The van der Waals surface area contributed by atoms with Gasteiger partial charge in [0.05, 0.1) is 6.61 Å². The third-order valence-electron chi connectivity index (χ3n) is 4.55. The van der Waals surface area contributed by atoms with Crippen LogP contribution in [0.1, 0.15) is 25.7 Å². The molecule has 3 aromatic carbocycles. The zero-order valence-corrected chi connectivity index (χ0v) is 15.2. The molecule has 3 rings (SSSR count). The van der Waals surface area contributed by atoms with Crippen LogP contribution in [0.15, 0.2) is 78.9 Å². The van der Waals surface area contributed by atoms with Crippen molar-refractivity contribution in [2.24, 2.45) is 5.73 Å². The van der Waals surface area contributed by atoms with Gasteiger partial charge in [0.2, 0.25) is 0 Å². The molecule has 0 bridgehead atoms. The minimum Gasteiger partial charge on any atom is -0.493 e. The molecule has 0 fully saturated rings. The summed E-state index contributed by atoms with van der Waals surface area (Å²) in [4.78, 5) is 0. The molecule has 0 aliphatic heterocycles. The highest BCUT2D eigenvalue weighted by Crippen LogP contribution is 2.31. The molecule has 2 heteroatoms. The second-order valence-corrected chi connectivity index (χ2v) is 6.49. The Labute approximate surface area is 156 Å². The standard InChI is InChI=1S/C24H27NO/c25-18-8-1-2-9-19-26-24-13-7-6-12-23(24)22-16-14-21(15-17-22)20-10-4-3-5-11-20/h3-7,10-17H,1-2,8-9,18-19,25H2. The van der Waals surface area contributed by atoms with E-state index in [9.17, 15) is 0 Å². The molecule has 0 aliphatic rings. The van der Waals surface area contributed by atoms with E-state index in [-0.39, 0.29) is 0 Å². The van der Waals surface area contributed by atoms with Crippen molar-refractivity contribution in [3.63, 3.8) is 0 Å². The van der Waals surface area contributed by atoms with Crippen molar-refractivity contribution >= 4 is 0 Å². The summed E-state index contributed by atoms with van der Waals surface area (Å²) in [7, 11) is 0. The molecule has 0 aliphatic carbocycles. The van der Waals surface area contributed by atoms with Gasteiger partial charge in [-0.2, -0.15) is 0 Å². The van der Waals surface area contributed by atoms with Crippen LogP contribution in [0.4, 0.5) is 0 Å². The third-order valence-corrected chi connectivity index (χ3v) is 4.55. The minimum atomic E-state index is 0.754. The van der Waals surface area contributed by atoms with Crippen LogP contribution in [-0.4, -0.2) is 13.2 Å². The topological polar surface area (TPSA) is 35.2 Å². The van der Waals surface area contributed by atoms with E-state index in [2.05, 4.69) is 66.7 Å². The van der Waals surface area contributed by atoms with Crippen LogP contribution in [0.2, 0.25) is 0 Å². The first kappa shape index (κ1) is 18.2. The van der Waals surface area contributed by atoms with Crippen LogP contribution in [0.25, 0.3) is 22.3 Å². The lowest BCUT2D eigenvalue weighted by Gasteiger charge is -2.12. The fourth-order valence-corrected chi connectivity index (χ4v) is 3.09. The SMILES string of the molecule is NCCCCCCOc1ccccc1-c1ccc(-c2ccccc2)cc1. The maximum atomic E-state index is 6.06. The molecular formula is C24H27NO. The van der Waals surface area contributed by atoms with Gasteiger partial charge in [0.25, 0.3) is 0 Å². The lowest BCUT2D eigenvalue weighted by molar-refractivity contribution is 0.306. The summed E-state index contributed by atoms with van der Waals surface area (Å²) in [6.07, 6.45) is 4.53. The molecular weight excluding hydrogens is 318 g/mol. The molecule has 2 nitrogen and oxygen atoms in total. The number of hydrogen-bond donors (Lipinski definition) is 1. The third kappa shape index (κ3) is 4.96. The van der Waals surface area contributed by atoms with Crippen LogP contribution in [0, 0.1) is 0 Å². The molecule has 0 aromatic heterocycles. The van der Waals surface area contributed by atoms with Gasteiger partial charge in [-0.15, -0.1) is 0 Å². The van der Waals surface area contributed by atoms with Gasteiger partial charge in [-0.1, -0.05) is 85.6 Å². The Hall–Kier alpha value is -2.58. The maximum Gasteiger partial charge on any atom is 0.127 e. The molecule has 0 saturated heterocycles. The predicted octanol–water partition coefficient (Wildman–Crippen LogP) is 5.92. The summed E-state index contributed by atoms with van der Waals surface area (Å²) in [5, 5.41) is 0. The van der Waals surface area contributed by atoms with E-state index in [1.807, 2.05) is 12.1 Å². The molecule has 0 atom stereocenters. The van der Waals surface area contributed by atoms with Crippen LogP contribution < -0.4 is 10.5 Å². The van der Waals surface area contributed by atoms with Gasteiger partial charge in [0.1, 0.15) is 5.75 Å². The second-order valence-electron chi connectivity index (χ2n) is 6.49. The van der Waals surface area contributed by atoms with Gasteiger partial charge in [-0.25, -0.2) is 0 Å². The van der Waals surface area contributed by atoms with E-state index in [0.717, 1.165) is 37.3 Å². The summed E-state index contributed by atoms with van der Waals surface area (Å²) in [6, 6.07) is 27.4. The number of rotatable bonds is 9. The molecule has 0 amide bonds. The highest BCUT2D eigenvalue weighted by Gasteiger charge is 2.06. The lowest BCUT2D eigenvalue weighted by atomic mass is 10.00. The molecule has 3 aromatic rings. The Morgan fingerprint density at radius 3 is 1.96 bits per heavy atom. The zero-order valence-electron chi connectivity index (χ0n) is 15.2. The first-order valence-corrected chi connectivity index (χ1v) is 9.46.